The molecule has 2 atom stereocenters. The third-order valence-corrected chi connectivity index (χ3v) is 13.4. The predicted octanol–water partition coefficient (Wildman–Crippen LogP) is 17.6. The third-order valence-electron chi connectivity index (χ3n) is 12.4. The van der Waals surface area contributed by atoms with Gasteiger partial charge in [0.25, 0.3) is 7.82 Å². The Kier molecular flexibility index (Phi) is 51.0. The molecule has 0 aromatic heterocycles. The van der Waals surface area contributed by atoms with Gasteiger partial charge in [0, 0.05) is 12.8 Å². The van der Waals surface area contributed by atoms with E-state index in [-0.39, 0.29) is 32.0 Å². The molecule has 0 aliphatic heterocycles. The first-order valence-electron chi connectivity index (χ1n) is 29.3. The number of likely N-dealkylation sites (N-methyl/N-ethyl adjacent to an activating group) is 1. The Morgan fingerprint density at radius 3 is 1.18 bits per heavy atom. The van der Waals surface area contributed by atoms with Crippen LogP contribution in [0.15, 0.2) is 85.1 Å². The molecule has 0 spiro atoms. The SMILES string of the molecule is CC/C=C\C/C=C\C/C=C\C/C=C\C/C=C\C/C=C\C/C=C\CCCCCCCCCCCCCCCCCCCCCC(=O)OC(COC(=O)CCCCCCCCC)COP(=O)([O-])OCC[N+](C)(C)C. The monoisotopic (exact) mass is 1030 g/mol. The molecular formula is C62H110NO8P. The number of ether oxygens (including phenoxy) is 2. The Morgan fingerprint density at radius 2 is 0.792 bits per heavy atom. The van der Waals surface area contributed by atoms with Crippen LogP contribution in [0.1, 0.15) is 245 Å². The Hall–Kier alpha value is -2.81. The van der Waals surface area contributed by atoms with E-state index in [0.717, 1.165) is 83.5 Å². The standard InChI is InChI=1S/C62H110NO8P/c1-6-8-10-12-14-15-16-17-18-19-20-21-22-23-24-25-26-27-28-29-30-31-32-33-34-35-36-37-38-39-40-41-42-43-44-45-46-47-49-51-53-55-62(65)71-60(59-70-72(66,67)69-57-56-63(3,4)5)58-68-61(64)54-52-50-48-13-11-9-7-2/h8,10,14-15,17-18,20-21,23-24,26-27,29-30,60H,6-7,9,11-13,16,19,22,25,28,31-59H2,1-5H3/b10-8-,15-14-,18-17-,21-20-,24-23-,27-26-,30-29-. The average Bonchev–Trinajstić information content (AvgIpc) is 3.34. The van der Waals surface area contributed by atoms with Crippen LogP contribution >= 0.6 is 7.82 Å². The van der Waals surface area contributed by atoms with Crippen LogP contribution in [-0.4, -0.2) is 70.0 Å². The molecule has 9 nitrogen and oxygen atoms in total. The summed E-state index contributed by atoms with van der Waals surface area (Å²) in [5, 5.41) is 0. The summed E-state index contributed by atoms with van der Waals surface area (Å²) < 4.78 is 33.9. The maximum absolute atomic E-state index is 12.7. The molecular weight excluding hydrogens is 918 g/mol. The van der Waals surface area contributed by atoms with Gasteiger partial charge in [-0.2, -0.15) is 0 Å². The lowest BCUT2D eigenvalue weighted by atomic mass is 10.0. The van der Waals surface area contributed by atoms with Crippen molar-refractivity contribution in [2.24, 2.45) is 0 Å². The maximum Gasteiger partial charge on any atom is 0.306 e. The van der Waals surface area contributed by atoms with Crippen LogP contribution in [0.4, 0.5) is 0 Å². The van der Waals surface area contributed by atoms with E-state index in [0.29, 0.717) is 17.4 Å². The predicted molar refractivity (Wildman–Crippen MR) is 305 cm³/mol. The third kappa shape index (κ3) is 56.5. The van der Waals surface area contributed by atoms with Gasteiger partial charge in [-0.1, -0.05) is 247 Å². The number of unbranched alkanes of at least 4 members (excludes halogenated alkanes) is 25. The van der Waals surface area contributed by atoms with Crippen LogP contribution in [-0.2, 0) is 32.7 Å². The summed E-state index contributed by atoms with van der Waals surface area (Å²) in [5.74, 6) is -0.835. The van der Waals surface area contributed by atoms with Gasteiger partial charge < -0.3 is 27.9 Å². The van der Waals surface area contributed by atoms with E-state index in [1.807, 2.05) is 21.1 Å². The van der Waals surface area contributed by atoms with Crippen LogP contribution in [0, 0.1) is 0 Å². The van der Waals surface area contributed by atoms with Gasteiger partial charge in [-0.05, 0) is 70.6 Å². The molecule has 72 heavy (non-hydrogen) atoms. The van der Waals surface area contributed by atoms with Gasteiger partial charge in [0.15, 0.2) is 6.10 Å². The highest BCUT2D eigenvalue weighted by Crippen LogP contribution is 2.38. The average molecular weight is 1030 g/mol. The molecule has 0 aromatic rings. The van der Waals surface area contributed by atoms with Gasteiger partial charge in [0.1, 0.15) is 19.8 Å². The topological polar surface area (TPSA) is 111 Å². The highest BCUT2D eigenvalue weighted by Gasteiger charge is 2.22. The van der Waals surface area contributed by atoms with Crippen molar-refractivity contribution in [3.8, 4) is 0 Å². The number of carbonyl (C=O) groups excluding carboxylic acids is 2. The molecule has 2 unspecified atom stereocenters. The maximum atomic E-state index is 12.7. The minimum absolute atomic E-state index is 0.0306. The Morgan fingerprint density at radius 1 is 0.444 bits per heavy atom. The quantitative estimate of drug-likeness (QED) is 0.0195. The first-order chi connectivity index (χ1) is 35.0. The summed E-state index contributed by atoms with van der Waals surface area (Å²) in [7, 11) is 1.17. The van der Waals surface area contributed by atoms with Gasteiger partial charge >= 0.3 is 11.9 Å². The second kappa shape index (κ2) is 53.0. The van der Waals surface area contributed by atoms with E-state index in [9.17, 15) is 19.0 Å². The number of allylic oxidation sites excluding steroid dienone is 14. The molecule has 0 fully saturated rings. The molecule has 416 valence electrons. The molecule has 0 rings (SSSR count). The van der Waals surface area contributed by atoms with Crippen molar-refractivity contribution in [2.45, 2.75) is 251 Å². The van der Waals surface area contributed by atoms with Crippen molar-refractivity contribution in [3.05, 3.63) is 85.1 Å². The lowest BCUT2D eigenvalue weighted by Gasteiger charge is -2.28. The van der Waals surface area contributed by atoms with Crippen molar-refractivity contribution in [1.82, 2.24) is 0 Å². The number of rotatable bonds is 53. The molecule has 0 saturated carbocycles. The molecule has 0 aliphatic carbocycles. The highest BCUT2D eigenvalue weighted by molar-refractivity contribution is 7.45. The second-order valence-corrected chi connectivity index (χ2v) is 22.0. The summed E-state index contributed by atoms with van der Waals surface area (Å²) in [6.07, 6.45) is 71.2. The number of carbonyl (C=O) groups is 2. The summed E-state index contributed by atoms with van der Waals surface area (Å²) in [6, 6.07) is 0. The summed E-state index contributed by atoms with van der Waals surface area (Å²) in [5.41, 5.74) is 0. The van der Waals surface area contributed by atoms with E-state index < -0.39 is 26.5 Å². The van der Waals surface area contributed by atoms with Crippen molar-refractivity contribution in [1.29, 1.82) is 0 Å². The van der Waals surface area contributed by atoms with Crippen LogP contribution < -0.4 is 4.89 Å². The highest BCUT2D eigenvalue weighted by atomic mass is 31.2. The van der Waals surface area contributed by atoms with Crippen molar-refractivity contribution < 1.29 is 42.1 Å². The van der Waals surface area contributed by atoms with Crippen molar-refractivity contribution in [3.63, 3.8) is 0 Å². The summed E-state index contributed by atoms with van der Waals surface area (Å²) in [6.45, 7) is 4.07. The molecule has 0 radical (unpaired) electrons. The van der Waals surface area contributed by atoms with Crippen LogP contribution in [0.3, 0.4) is 0 Å². The smallest absolute Gasteiger partial charge is 0.306 e. The first-order valence-corrected chi connectivity index (χ1v) is 30.8. The van der Waals surface area contributed by atoms with Gasteiger partial charge in [-0.3, -0.25) is 14.2 Å². The molecule has 0 amide bonds. The molecule has 0 aliphatic rings. The summed E-state index contributed by atoms with van der Waals surface area (Å²) >= 11 is 0. The summed E-state index contributed by atoms with van der Waals surface area (Å²) in [4.78, 5) is 37.5. The molecule has 0 aromatic carbocycles. The number of quaternary nitrogens is 1. The molecule has 0 heterocycles. The zero-order valence-corrected chi connectivity index (χ0v) is 48.0. The Bertz CT molecular complexity index is 1490. The van der Waals surface area contributed by atoms with Gasteiger partial charge in [0.2, 0.25) is 0 Å². The lowest BCUT2D eigenvalue weighted by molar-refractivity contribution is -0.870. The fraction of sp³-hybridized carbons (Fsp3) is 0.742. The second-order valence-electron chi connectivity index (χ2n) is 20.6. The van der Waals surface area contributed by atoms with Crippen LogP contribution in [0.5, 0.6) is 0 Å². The number of hydrogen-bond acceptors (Lipinski definition) is 8. The van der Waals surface area contributed by atoms with Gasteiger partial charge in [-0.25, -0.2) is 0 Å². The molecule has 0 saturated heterocycles. The zero-order chi connectivity index (χ0) is 52.7. The number of phosphoric ester groups is 1. The zero-order valence-electron chi connectivity index (χ0n) is 47.1. The van der Waals surface area contributed by atoms with Gasteiger partial charge in [0.05, 0.1) is 27.7 Å². The molecule has 10 heteroatoms. The molecule has 0 N–H and O–H groups in total. The van der Waals surface area contributed by atoms with Crippen molar-refractivity contribution >= 4 is 19.8 Å². The van der Waals surface area contributed by atoms with Crippen molar-refractivity contribution in [2.75, 3.05) is 47.5 Å². The van der Waals surface area contributed by atoms with E-state index in [1.54, 1.807) is 0 Å². The van der Waals surface area contributed by atoms with E-state index >= 15 is 0 Å². The molecule has 0 bridgehead atoms. The Labute approximate surface area is 443 Å². The minimum Gasteiger partial charge on any atom is -0.756 e. The van der Waals surface area contributed by atoms with Crippen LogP contribution in [0.25, 0.3) is 0 Å². The first kappa shape index (κ1) is 69.2. The largest absolute Gasteiger partial charge is 0.756 e. The van der Waals surface area contributed by atoms with E-state index in [2.05, 4.69) is 98.9 Å². The number of phosphoric acid groups is 1. The number of nitrogens with zero attached hydrogens (tertiary/aromatic N) is 1. The number of hydrogen-bond donors (Lipinski definition) is 0. The van der Waals surface area contributed by atoms with E-state index in [1.165, 1.54) is 128 Å². The minimum atomic E-state index is -4.62. The fourth-order valence-electron chi connectivity index (χ4n) is 7.93. The van der Waals surface area contributed by atoms with E-state index in [4.69, 9.17) is 18.5 Å². The fourth-order valence-corrected chi connectivity index (χ4v) is 8.66. The normalized spacial score (nSPS) is 13.9. The van der Waals surface area contributed by atoms with Crippen LogP contribution in [0.2, 0.25) is 0 Å². The number of esters is 2. The van der Waals surface area contributed by atoms with Gasteiger partial charge in [-0.15, -0.1) is 0 Å². The lowest BCUT2D eigenvalue weighted by Crippen LogP contribution is -2.37. The Balaban J connectivity index is 3.83.